The predicted molar refractivity (Wildman–Crippen MR) is 43.5 cm³/mol. The van der Waals surface area contributed by atoms with Crippen LogP contribution in [0.5, 0.6) is 0 Å². The molecule has 0 bridgehead atoms. The first-order valence-electron chi connectivity index (χ1n) is 4.35. The van der Waals surface area contributed by atoms with Crippen molar-refractivity contribution in [2.24, 2.45) is 5.92 Å². The van der Waals surface area contributed by atoms with Crippen LogP contribution in [-0.2, 0) is 5.11 Å². The molecule has 0 heterocycles. The zero-order valence-corrected chi connectivity index (χ0v) is 7.23. The molecule has 0 aliphatic rings. The molecule has 0 aliphatic heterocycles. The highest BCUT2D eigenvalue weighted by Crippen LogP contribution is 2.08. The van der Waals surface area contributed by atoms with Gasteiger partial charge in [-0.1, -0.05) is 39.5 Å². The van der Waals surface area contributed by atoms with E-state index < -0.39 is 0 Å². The Morgan fingerprint density at radius 1 is 1.00 bits per heavy atom. The quantitative estimate of drug-likeness (QED) is 0.509. The molecule has 0 aromatic rings. The summed E-state index contributed by atoms with van der Waals surface area (Å²) in [5.41, 5.74) is 0. The Morgan fingerprint density at radius 3 is 2.10 bits per heavy atom. The first kappa shape index (κ1) is 9.96. The molecule has 0 rings (SSSR count). The highest BCUT2D eigenvalue weighted by atomic mass is 16.2. The maximum absolute atomic E-state index is 10.0. The minimum Gasteiger partial charge on any atom is -0.237 e. The summed E-state index contributed by atoms with van der Waals surface area (Å²) in [6.45, 7) is 4.60. The first-order valence-corrected chi connectivity index (χ1v) is 4.35. The Bertz CT molecular complexity index is 59.7. The molecule has 0 saturated heterocycles. The van der Waals surface area contributed by atoms with Crippen LogP contribution in [0.3, 0.4) is 0 Å². The SMILES string of the molecule is CC(C)CCCCCC[O]. The van der Waals surface area contributed by atoms with Crippen LogP contribution in [-0.4, -0.2) is 6.61 Å². The summed E-state index contributed by atoms with van der Waals surface area (Å²) in [5.74, 6) is 0.826. The molecule has 0 saturated carbocycles. The summed E-state index contributed by atoms with van der Waals surface area (Å²) in [6.07, 6.45) is 5.88. The van der Waals surface area contributed by atoms with E-state index in [1.165, 1.54) is 19.3 Å². The van der Waals surface area contributed by atoms with Gasteiger partial charge < -0.3 is 0 Å². The summed E-state index contributed by atoms with van der Waals surface area (Å²) in [5, 5.41) is 10.0. The molecule has 0 aromatic heterocycles. The molecule has 0 atom stereocenters. The second-order valence-corrected chi connectivity index (χ2v) is 3.30. The molecule has 1 heteroatoms. The summed E-state index contributed by atoms with van der Waals surface area (Å²) >= 11 is 0. The Kier molecular flexibility index (Phi) is 7.04. The molecule has 0 fully saturated rings. The fourth-order valence-electron chi connectivity index (χ4n) is 1.01. The van der Waals surface area contributed by atoms with E-state index in [2.05, 4.69) is 13.8 Å². The van der Waals surface area contributed by atoms with Crippen molar-refractivity contribution in [1.82, 2.24) is 0 Å². The van der Waals surface area contributed by atoms with E-state index in [0.717, 1.165) is 18.8 Å². The minimum atomic E-state index is 0.113. The average molecular weight is 143 g/mol. The molecule has 0 amide bonds. The van der Waals surface area contributed by atoms with Gasteiger partial charge in [0.25, 0.3) is 0 Å². The van der Waals surface area contributed by atoms with E-state index in [1.54, 1.807) is 0 Å². The van der Waals surface area contributed by atoms with Crippen molar-refractivity contribution in [3.8, 4) is 0 Å². The second-order valence-electron chi connectivity index (χ2n) is 3.30. The van der Waals surface area contributed by atoms with Gasteiger partial charge in [-0.05, 0) is 12.3 Å². The van der Waals surface area contributed by atoms with Gasteiger partial charge in [-0.25, -0.2) is 5.11 Å². The van der Waals surface area contributed by atoms with Crippen LogP contribution in [0, 0.1) is 5.92 Å². The average Bonchev–Trinajstić information content (AvgIpc) is 1.87. The smallest absolute Gasteiger partial charge is 0.0822 e. The number of rotatable bonds is 6. The third-order valence-corrected chi connectivity index (χ3v) is 1.68. The van der Waals surface area contributed by atoms with Crippen molar-refractivity contribution < 1.29 is 5.11 Å². The zero-order valence-electron chi connectivity index (χ0n) is 7.23. The lowest BCUT2D eigenvalue weighted by atomic mass is 10.0. The van der Waals surface area contributed by atoms with Crippen molar-refractivity contribution in [3.05, 3.63) is 0 Å². The van der Waals surface area contributed by atoms with Crippen LogP contribution in [0.25, 0.3) is 0 Å². The van der Waals surface area contributed by atoms with E-state index in [-0.39, 0.29) is 6.61 Å². The lowest BCUT2D eigenvalue weighted by Crippen LogP contribution is -1.87. The van der Waals surface area contributed by atoms with Gasteiger partial charge in [0.2, 0.25) is 0 Å². The second kappa shape index (κ2) is 7.07. The highest BCUT2D eigenvalue weighted by molar-refractivity contribution is 4.46. The monoisotopic (exact) mass is 143 g/mol. The van der Waals surface area contributed by atoms with Crippen molar-refractivity contribution in [2.75, 3.05) is 6.61 Å². The maximum Gasteiger partial charge on any atom is 0.0822 e. The standard InChI is InChI=1S/C9H19O/c1-9(2)7-5-3-4-6-8-10/h9H,3-8H2,1-2H3. The Balaban J connectivity index is 2.77. The minimum absolute atomic E-state index is 0.113. The van der Waals surface area contributed by atoms with Crippen LogP contribution in [0.4, 0.5) is 0 Å². The molecule has 0 aromatic carbocycles. The fraction of sp³-hybridized carbons (Fsp3) is 1.00. The van der Waals surface area contributed by atoms with E-state index in [0.29, 0.717) is 0 Å². The summed E-state index contributed by atoms with van der Waals surface area (Å²) in [6, 6.07) is 0. The lowest BCUT2D eigenvalue weighted by Gasteiger charge is -2.02. The van der Waals surface area contributed by atoms with Crippen LogP contribution in [0.2, 0.25) is 0 Å². The van der Waals surface area contributed by atoms with E-state index in [4.69, 9.17) is 0 Å². The number of hydrogen-bond donors (Lipinski definition) is 0. The summed E-state index contributed by atoms with van der Waals surface area (Å²) < 4.78 is 0. The van der Waals surface area contributed by atoms with Gasteiger partial charge in [-0.15, -0.1) is 0 Å². The molecule has 1 radical (unpaired) electrons. The van der Waals surface area contributed by atoms with E-state index >= 15 is 0 Å². The predicted octanol–water partition coefficient (Wildman–Crippen LogP) is 3.02. The van der Waals surface area contributed by atoms with Gasteiger partial charge in [0.15, 0.2) is 0 Å². The van der Waals surface area contributed by atoms with Gasteiger partial charge in [0, 0.05) is 0 Å². The fourth-order valence-corrected chi connectivity index (χ4v) is 1.01. The molecular formula is C9H19O. The van der Waals surface area contributed by atoms with E-state index in [9.17, 15) is 5.11 Å². The summed E-state index contributed by atoms with van der Waals surface area (Å²) in [7, 11) is 0. The lowest BCUT2D eigenvalue weighted by molar-refractivity contribution is 0.185. The molecule has 0 spiro atoms. The van der Waals surface area contributed by atoms with Crippen molar-refractivity contribution in [1.29, 1.82) is 0 Å². The molecule has 61 valence electrons. The third-order valence-electron chi connectivity index (χ3n) is 1.68. The van der Waals surface area contributed by atoms with Crippen molar-refractivity contribution in [2.45, 2.75) is 46.0 Å². The largest absolute Gasteiger partial charge is 0.237 e. The topological polar surface area (TPSA) is 19.9 Å². The maximum atomic E-state index is 10.0. The Morgan fingerprint density at radius 2 is 1.60 bits per heavy atom. The van der Waals surface area contributed by atoms with Gasteiger partial charge in [-0.3, -0.25) is 0 Å². The van der Waals surface area contributed by atoms with Crippen LogP contribution in [0.15, 0.2) is 0 Å². The van der Waals surface area contributed by atoms with Crippen molar-refractivity contribution >= 4 is 0 Å². The molecule has 10 heavy (non-hydrogen) atoms. The van der Waals surface area contributed by atoms with Crippen LogP contribution in [0.1, 0.15) is 46.0 Å². The van der Waals surface area contributed by atoms with Gasteiger partial charge in [0.1, 0.15) is 0 Å². The van der Waals surface area contributed by atoms with Gasteiger partial charge in [-0.2, -0.15) is 0 Å². The molecule has 0 unspecified atom stereocenters. The Labute approximate surface area is 64.5 Å². The molecular weight excluding hydrogens is 124 g/mol. The van der Waals surface area contributed by atoms with E-state index in [1.807, 2.05) is 0 Å². The van der Waals surface area contributed by atoms with Crippen molar-refractivity contribution in [3.63, 3.8) is 0 Å². The first-order chi connectivity index (χ1) is 4.77. The van der Waals surface area contributed by atoms with Gasteiger partial charge >= 0.3 is 0 Å². The Hall–Kier alpha value is -0.0400. The zero-order chi connectivity index (χ0) is 7.82. The van der Waals surface area contributed by atoms with Crippen LogP contribution < -0.4 is 0 Å². The molecule has 0 N–H and O–H groups in total. The highest BCUT2D eigenvalue weighted by Gasteiger charge is 1.93. The normalized spacial score (nSPS) is 10.8. The molecule has 0 aliphatic carbocycles. The number of unbranched alkanes of at least 4 members (excludes halogenated alkanes) is 3. The van der Waals surface area contributed by atoms with Gasteiger partial charge in [0.05, 0.1) is 6.61 Å². The third kappa shape index (κ3) is 7.96. The summed E-state index contributed by atoms with van der Waals surface area (Å²) in [4.78, 5) is 0. The van der Waals surface area contributed by atoms with Crippen LogP contribution >= 0.6 is 0 Å². The number of hydrogen-bond acceptors (Lipinski definition) is 0. The molecule has 1 nitrogen and oxygen atoms in total.